The van der Waals surface area contributed by atoms with E-state index < -0.39 is 0 Å². The molecule has 2 aromatic rings. The Hall–Kier alpha value is -3.15. The lowest BCUT2D eigenvalue weighted by Crippen LogP contribution is -2.28. The fourth-order valence-electron chi connectivity index (χ4n) is 2.33. The lowest BCUT2D eigenvalue weighted by Gasteiger charge is -2.10. The first-order chi connectivity index (χ1) is 13.4. The summed E-state index contributed by atoms with van der Waals surface area (Å²) < 4.78 is 5.44. The number of anilines is 1. The number of carbonyl (C=O) groups is 3. The molecule has 2 N–H and O–H groups in total. The Morgan fingerprint density at radius 3 is 2.18 bits per heavy atom. The number of ether oxygens (including phenoxy) is 1. The van der Waals surface area contributed by atoms with E-state index in [0.717, 1.165) is 11.3 Å². The van der Waals surface area contributed by atoms with Gasteiger partial charge in [-0.15, -0.1) is 0 Å². The third-order valence-electron chi connectivity index (χ3n) is 4.10. The van der Waals surface area contributed by atoms with Crippen LogP contribution in [0.3, 0.4) is 0 Å². The number of benzene rings is 2. The summed E-state index contributed by atoms with van der Waals surface area (Å²) in [5.74, 6) is 0.241. The number of hydrogen-bond acceptors (Lipinski definition) is 4. The molecular formula is C22H26N2O4. The average Bonchev–Trinajstić information content (AvgIpc) is 2.71. The summed E-state index contributed by atoms with van der Waals surface area (Å²) in [5, 5.41) is 5.60. The minimum atomic E-state index is -0.245. The molecule has 2 rings (SSSR count). The highest BCUT2D eigenvalue weighted by atomic mass is 16.5. The molecule has 0 aliphatic carbocycles. The maximum atomic E-state index is 12.0. The highest BCUT2D eigenvalue weighted by Crippen LogP contribution is 2.14. The second kappa shape index (κ2) is 10.3. The van der Waals surface area contributed by atoms with Crippen molar-refractivity contribution in [2.24, 2.45) is 5.92 Å². The second-order valence-corrected chi connectivity index (χ2v) is 6.71. The van der Waals surface area contributed by atoms with Gasteiger partial charge < -0.3 is 15.4 Å². The van der Waals surface area contributed by atoms with Crippen molar-refractivity contribution in [3.05, 3.63) is 59.7 Å². The van der Waals surface area contributed by atoms with Gasteiger partial charge >= 0.3 is 0 Å². The lowest BCUT2D eigenvalue weighted by molar-refractivity contribution is -0.123. The van der Waals surface area contributed by atoms with Gasteiger partial charge in [-0.1, -0.05) is 32.9 Å². The number of Topliss-reactive ketones (excluding diaryl/α,β-unsaturated/α-hetero) is 1. The average molecular weight is 382 g/mol. The van der Waals surface area contributed by atoms with Gasteiger partial charge in [0.05, 0.1) is 0 Å². The van der Waals surface area contributed by atoms with Crippen LogP contribution in [0.4, 0.5) is 5.69 Å². The number of carbonyl (C=O) groups excluding carboxylic acids is 3. The molecule has 0 aliphatic rings. The predicted molar refractivity (Wildman–Crippen MR) is 108 cm³/mol. The molecule has 6 heteroatoms. The molecule has 0 fully saturated rings. The topological polar surface area (TPSA) is 84.5 Å². The highest BCUT2D eigenvalue weighted by molar-refractivity contribution is 5.95. The predicted octanol–water partition coefficient (Wildman–Crippen LogP) is 3.57. The summed E-state index contributed by atoms with van der Waals surface area (Å²) in [6, 6.07) is 14.0. The number of nitrogens with one attached hydrogen (secondary N) is 2. The summed E-state index contributed by atoms with van der Waals surface area (Å²) >= 11 is 0. The first kappa shape index (κ1) is 21.2. The van der Waals surface area contributed by atoms with Crippen molar-refractivity contribution in [2.75, 3.05) is 11.9 Å². The normalized spacial score (nSPS) is 10.4. The molecule has 0 saturated carbocycles. The van der Waals surface area contributed by atoms with Crippen LogP contribution in [0.1, 0.15) is 43.1 Å². The van der Waals surface area contributed by atoms with Crippen molar-refractivity contribution < 1.29 is 19.1 Å². The lowest BCUT2D eigenvalue weighted by atomic mass is 10.1. The minimum absolute atomic E-state index is 0.0368. The Balaban J connectivity index is 1.76. The second-order valence-electron chi connectivity index (χ2n) is 6.71. The van der Waals surface area contributed by atoms with Crippen molar-refractivity contribution in [3.8, 4) is 5.75 Å². The van der Waals surface area contributed by atoms with Crippen molar-refractivity contribution in [1.29, 1.82) is 0 Å². The van der Waals surface area contributed by atoms with Gasteiger partial charge in [-0.05, 0) is 42.0 Å². The quantitative estimate of drug-likeness (QED) is 0.650. The van der Waals surface area contributed by atoms with Gasteiger partial charge in [0.2, 0.25) is 5.91 Å². The van der Waals surface area contributed by atoms with Gasteiger partial charge in [-0.3, -0.25) is 14.4 Å². The zero-order valence-electron chi connectivity index (χ0n) is 16.5. The molecule has 2 amide bonds. The zero-order chi connectivity index (χ0) is 20.5. The van der Waals surface area contributed by atoms with Crippen LogP contribution in [0.5, 0.6) is 5.75 Å². The molecule has 0 spiro atoms. The van der Waals surface area contributed by atoms with E-state index in [1.54, 1.807) is 36.4 Å². The first-order valence-electron chi connectivity index (χ1n) is 9.31. The van der Waals surface area contributed by atoms with Crippen LogP contribution < -0.4 is 15.4 Å². The smallest absolute Gasteiger partial charge is 0.258 e. The first-order valence-corrected chi connectivity index (χ1v) is 9.31. The van der Waals surface area contributed by atoms with Gasteiger partial charge in [0.25, 0.3) is 5.91 Å². The van der Waals surface area contributed by atoms with E-state index in [1.165, 1.54) is 0 Å². The summed E-state index contributed by atoms with van der Waals surface area (Å²) in [6.07, 6.45) is 0.452. The van der Waals surface area contributed by atoms with E-state index in [-0.39, 0.29) is 30.1 Å². The van der Waals surface area contributed by atoms with Crippen LogP contribution in [-0.2, 0) is 16.1 Å². The van der Waals surface area contributed by atoms with Crippen molar-refractivity contribution in [1.82, 2.24) is 5.32 Å². The number of rotatable bonds is 9. The number of amides is 2. The van der Waals surface area contributed by atoms with Gasteiger partial charge in [-0.2, -0.15) is 0 Å². The Morgan fingerprint density at radius 1 is 0.964 bits per heavy atom. The maximum absolute atomic E-state index is 12.0. The van der Waals surface area contributed by atoms with Crippen LogP contribution in [-0.4, -0.2) is 24.2 Å². The molecule has 6 nitrogen and oxygen atoms in total. The molecule has 0 aromatic heterocycles. The molecule has 0 bridgehead atoms. The van der Waals surface area contributed by atoms with E-state index >= 15 is 0 Å². The fourth-order valence-corrected chi connectivity index (χ4v) is 2.33. The van der Waals surface area contributed by atoms with Crippen molar-refractivity contribution in [2.45, 2.75) is 33.7 Å². The monoisotopic (exact) mass is 382 g/mol. The van der Waals surface area contributed by atoms with E-state index in [2.05, 4.69) is 10.6 Å². The maximum Gasteiger partial charge on any atom is 0.258 e. The van der Waals surface area contributed by atoms with Gasteiger partial charge in [0.1, 0.15) is 5.75 Å². The van der Waals surface area contributed by atoms with Crippen molar-refractivity contribution >= 4 is 23.3 Å². The van der Waals surface area contributed by atoms with E-state index in [1.807, 2.05) is 32.9 Å². The molecule has 0 aliphatic heterocycles. The number of ketones is 1. The Morgan fingerprint density at radius 2 is 1.61 bits per heavy atom. The molecular weight excluding hydrogens is 356 g/mol. The highest BCUT2D eigenvalue weighted by Gasteiger charge is 2.08. The molecule has 0 atom stereocenters. The van der Waals surface area contributed by atoms with Gasteiger partial charge in [0, 0.05) is 30.1 Å². The summed E-state index contributed by atoms with van der Waals surface area (Å²) in [4.78, 5) is 35.2. The summed E-state index contributed by atoms with van der Waals surface area (Å²) in [6.45, 7) is 5.74. The molecule has 0 unspecified atom stereocenters. The molecule has 0 saturated heterocycles. The molecule has 28 heavy (non-hydrogen) atoms. The third-order valence-corrected chi connectivity index (χ3v) is 4.10. The molecule has 0 radical (unpaired) electrons. The van der Waals surface area contributed by atoms with Crippen LogP contribution in [0.2, 0.25) is 0 Å². The number of hydrogen-bond donors (Lipinski definition) is 2. The standard InChI is InChI=1S/C22H26N2O4/c1-4-20(25)17-7-11-19(12-8-17)28-14-21(26)23-13-16-5-9-18(10-6-16)24-22(27)15(2)3/h5-12,15H,4,13-14H2,1-3H3,(H,23,26)(H,24,27). The summed E-state index contributed by atoms with van der Waals surface area (Å²) in [5.41, 5.74) is 2.27. The molecule has 148 valence electrons. The van der Waals surface area contributed by atoms with E-state index in [4.69, 9.17) is 4.74 Å². The van der Waals surface area contributed by atoms with Gasteiger partial charge in [0.15, 0.2) is 12.4 Å². The van der Waals surface area contributed by atoms with Crippen LogP contribution in [0.25, 0.3) is 0 Å². The Kier molecular flexibility index (Phi) is 7.75. The van der Waals surface area contributed by atoms with E-state index in [9.17, 15) is 14.4 Å². The molecule has 0 heterocycles. The minimum Gasteiger partial charge on any atom is -0.484 e. The summed E-state index contributed by atoms with van der Waals surface area (Å²) in [7, 11) is 0. The Labute approximate surface area is 165 Å². The Bertz CT molecular complexity index is 811. The fraction of sp³-hybridized carbons (Fsp3) is 0.318. The van der Waals surface area contributed by atoms with Crippen LogP contribution in [0.15, 0.2) is 48.5 Å². The van der Waals surface area contributed by atoms with Crippen LogP contribution in [0, 0.1) is 5.92 Å². The SMILES string of the molecule is CCC(=O)c1ccc(OCC(=O)NCc2ccc(NC(=O)C(C)C)cc2)cc1. The third kappa shape index (κ3) is 6.54. The van der Waals surface area contributed by atoms with Crippen LogP contribution >= 0.6 is 0 Å². The van der Waals surface area contributed by atoms with Gasteiger partial charge in [-0.25, -0.2) is 0 Å². The van der Waals surface area contributed by atoms with E-state index in [0.29, 0.717) is 24.3 Å². The van der Waals surface area contributed by atoms with Crippen molar-refractivity contribution in [3.63, 3.8) is 0 Å². The zero-order valence-corrected chi connectivity index (χ0v) is 16.5. The largest absolute Gasteiger partial charge is 0.484 e. The molecule has 2 aromatic carbocycles.